The van der Waals surface area contributed by atoms with Gasteiger partial charge in [-0.2, -0.15) is 4.37 Å². The molecule has 1 aliphatic carbocycles. The Morgan fingerprint density at radius 3 is 3.18 bits per heavy atom. The smallest absolute Gasteiger partial charge is 0.202 e. The van der Waals surface area contributed by atoms with Gasteiger partial charge in [0, 0.05) is 42.8 Å². The lowest BCUT2D eigenvalue weighted by molar-refractivity contribution is 0.815. The van der Waals surface area contributed by atoms with Crippen molar-refractivity contribution in [3.05, 3.63) is 24.0 Å². The maximum Gasteiger partial charge on any atom is 0.202 e. The van der Waals surface area contributed by atoms with E-state index in [-0.39, 0.29) is 0 Å². The average Bonchev–Trinajstić information content (AvgIpc) is 2.89. The third-order valence-electron chi connectivity index (χ3n) is 2.81. The van der Waals surface area contributed by atoms with Crippen LogP contribution < -0.4 is 5.32 Å². The lowest BCUT2D eigenvalue weighted by atomic mass is 10.3. The molecule has 0 unspecified atom stereocenters. The van der Waals surface area contributed by atoms with Crippen molar-refractivity contribution >= 4 is 16.7 Å². The molecule has 1 aliphatic rings. The van der Waals surface area contributed by atoms with Crippen LogP contribution in [0.15, 0.2) is 12.4 Å². The maximum absolute atomic E-state index is 4.48. The number of aryl methyl sites for hydroxylation is 1. The van der Waals surface area contributed by atoms with Gasteiger partial charge in [0.15, 0.2) is 0 Å². The summed E-state index contributed by atoms with van der Waals surface area (Å²) in [6.45, 7) is 0.917. The van der Waals surface area contributed by atoms with Gasteiger partial charge in [-0.25, -0.2) is 9.97 Å². The number of aromatic nitrogens is 4. The summed E-state index contributed by atoms with van der Waals surface area (Å²) in [5.41, 5.74) is 0. The van der Waals surface area contributed by atoms with Crippen LogP contribution in [0.3, 0.4) is 0 Å². The van der Waals surface area contributed by atoms with E-state index in [1.807, 2.05) is 6.20 Å². The van der Waals surface area contributed by atoms with Crippen LogP contribution in [-0.4, -0.2) is 25.9 Å². The van der Waals surface area contributed by atoms with Gasteiger partial charge >= 0.3 is 0 Å². The highest BCUT2D eigenvalue weighted by atomic mass is 32.1. The molecule has 0 radical (unpaired) electrons. The highest BCUT2D eigenvalue weighted by Gasteiger charge is 2.27. The molecule has 90 valence electrons. The van der Waals surface area contributed by atoms with Crippen molar-refractivity contribution in [2.45, 2.75) is 31.6 Å². The standard InChI is InChI=1S/C11H15N5S/c1(2-9-12-6-7-13-9)5-14-11-15-10(16-17-11)8-3-4-8/h6-8H,1-5H2,(H,12,13)(H,14,15,16). The van der Waals surface area contributed by atoms with Crippen LogP contribution in [0.4, 0.5) is 5.13 Å². The van der Waals surface area contributed by atoms with Crippen LogP contribution in [0, 0.1) is 0 Å². The molecule has 0 saturated heterocycles. The van der Waals surface area contributed by atoms with Gasteiger partial charge < -0.3 is 10.3 Å². The molecule has 1 saturated carbocycles. The highest BCUT2D eigenvalue weighted by molar-refractivity contribution is 7.09. The van der Waals surface area contributed by atoms with Crippen LogP contribution in [0.5, 0.6) is 0 Å². The molecule has 2 N–H and O–H groups in total. The van der Waals surface area contributed by atoms with Crippen LogP contribution in [-0.2, 0) is 6.42 Å². The van der Waals surface area contributed by atoms with E-state index in [1.54, 1.807) is 6.20 Å². The number of anilines is 1. The number of H-pyrrole nitrogens is 1. The van der Waals surface area contributed by atoms with Crippen molar-refractivity contribution in [2.24, 2.45) is 0 Å². The minimum Gasteiger partial charge on any atom is -0.360 e. The summed E-state index contributed by atoms with van der Waals surface area (Å²) in [6, 6.07) is 0. The Balaban J connectivity index is 1.41. The first-order valence-corrected chi connectivity index (χ1v) is 6.75. The fourth-order valence-electron chi connectivity index (χ4n) is 1.70. The fourth-order valence-corrected chi connectivity index (χ4v) is 2.37. The third kappa shape index (κ3) is 2.82. The lowest BCUT2D eigenvalue weighted by Crippen LogP contribution is -2.03. The molecule has 0 bridgehead atoms. The minimum atomic E-state index is 0.643. The molecule has 6 heteroatoms. The maximum atomic E-state index is 4.48. The van der Waals surface area contributed by atoms with Gasteiger partial charge in [-0.1, -0.05) is 0 Å². The van der Waals surface area contributed by atoms with E-state index in [4.69, 9.17) is 0 Å². The Morgan fingerprint density at radius 2 is 2.41 bits per heavy atom. The molecule has 0 amide bonds. The molecule has 2 aromatic rings. The van der Waals surface area contributed by atoms with Crippen LogP contribution in [0.1, 0.15) is 36.8 Å². The summed E-state index contributed by atoms with van der Waals surface area (Å²) in [6.07, 6.45) is 8.17. The number of hydrogen-bond donors (Lipinski definition) is 2. The molecular weight excluding hydrogens is 234 g/mol. The average molecular weight is 249 g/mol. The molecular formula is C11H15N5S. The summed E-state index contributed by atoms with van der Waals surface area (Å²) >= 11 is 1.47. The van der Waals surface area contributed by atoms with E-state index in [0.717, 1.165) is 36.2 Å². The Kier molecular flexibility index (Phi) is 3.04. The van der Waals surface area contributed by atoms with Crippen LogP contribution >= 0.6 is 11.5 Å². The lowest BCUT2D eigenvalue weighted by Gasteiger charge is -2.00. The normalized spacial score (nSPS) is 15.1. The van der Waals surface area contributed by atoms with Crippen molar-refractivity contribution in [3.8, 4) is 0 Å². The zero-order chi connectivity index (χ0) is 11.5. The topological polar surface area (TPSA) is 66.5 Å². The van der Waals surface area contributed by atoms with Gasteiger partial charge in [0.05, 0.1) is 0 Å². The van der Waals surface area contributed by atoms with Gasteiger partial charge in [0.25, 0.3) is 0 Å². The van der Waals surface area contributed by atoms with E-state index < -0.39 is 0 Å². The minimum absolute atomic E-state index is 0.643. The Morgan fingerprint density at radius 1 is 1.47 bits per heavy atom. The summed E-state index contributed by atoms with van der Waals surface area (Å²) in [7, 11) is 0. The number of rotatable bonds is 6. The Hall–Kier alpha value is -1.43. The van der Waals surface area contributed by atoms with Crippen LogP contribution in [0.25, 0.3) is 0 Å². The molecule has 1 fully saturated rings. The van der Waals surface area contributed by atoms with Crippen molar-refractivity contribution in [1.29, 1.82) is 0 Å². The number of imidazole rings is 1. The van der Waals surface area contributed by atoms with Gasteiger partial charge in [-0.05, 0) is 19.3 Å². The predicted molar refractivity (Wildman–Crippen MR) is 67.3 cm³/mol. The molecule has 17 heavy (non-hydrogen) atoms. The first kappa shape index (κ1) is 10.7. The molecule has 2 aromatic heterocycles. The zero-order valence-corrected chi connectivity index (χ0v) is 10.3. The molecule has 5 nitrogen and oxygen atoms in total. The Labute approximate surface area is 104 Å². The SMILES string of the molecule is c1c[nH]c(CCCNc2nc(C3CC3)ns2)n1. The van der Waals surface area contributed by atoms with E-state index in [2.05, 4.69) is 24.6 Å². The van der Waals surface area contributed by atoms with Gasteiger partial charge in [0.2, 0.25) is 5.13 Å². The molecule has 0 aromatic carbocycles. The van der Waals surface area contributed by atoms with Crippen molar-refractivity contribution in [1.82, 2.24) is 19.3 Å². The molecule has 3 rings (SSSR count). The second-order valence-electron chi connectivity index (χ2n) is 4.30. The van der Waals surface area contributed by atoms with E-state index in [0.29, 0.717) is 5.92 Å². The first-order chi connectivity index (χ1) is 8.42. The third-order valence-corrected chi connectivity index (χ3v) is 3.49. The largest absolute Gasteiger partial charge is 0.360 e. The molecule has 0 spiro atoms. The van der Waals surface area contributed by atoms with E-state index in [9.17, 15) is 0 Å². The van der Waals surface area contributed by atoms with E-state index >= 15 is 0 Å². The van der Waals surface area contributed by atoms with Gasteiger partial charge in [-0.3, -0.25) is 0 Å². The van der Waals surface area contributed by atoms with Gasteiger partial charge in [-0.15, -0.1) is 0 Å². The highest BCUT2D eigenvalue weighted by Crippen LogP contribution is 2.39. The predicted octanol–water partition coefficient (Wildman–Crippen LogP) is 2.18. The molecule has 2 heterocycles. The first-order valence-electron chi connectivity index (χ1n) is 5.97. The monoisotopic (exact) mass is 249 g/mol. The fraction of sp³-hybridized carbons (Fsp3) is 0.545. The summed E-state index contributed by atoms with van der Waals surface area (Å²) in [5.74, 6) is 2.72. The Bertz CT molecular complexity index is 460. The number of hydrogen-bond acceptors (Lipinski definition) is 5. The van der Waals surface area contributed by atoms with Gasteiger partial charge in [0.1, 0.15) is 11.6 Å². The van der Waals surface area contributed by atoms with Crippen molar-refractivity contribution in [3.63, 3.8) is 0 Å². The number of aromatic amines is 1. The second kappa shape index (κ2) is 4.83. The summed E-state index contributed by atoms with van der Waals surface area (Å²) < 4.78 is 4.36. The zero-order valence-electron chi connectivity index (χ0n) is 9.52. The van der Waals surface area contributed by atoms with Crippen molar-refractivity contribution < 1.29 is 0 Å². The summed E-state index contributed by atoms with van der Waals surface area (Å²) in [4.78, 5) is 11.8. The number of nitrogens with one attached hydrogen (secondary N) is 2. The van der Waals surface area contributed by atoms with E-state index in [1.165, 1.54) is 24.4 Å². The van der Waals surface area contributed by atoms with Crippen molar-refractivity contribution in [2.75, 3.05) is 11.9 Å². The molecule has 0 aliphatic heterocycles. The second-order valence-corrected chi connectivity index (χ2v) is 5.05. The molecule has 0 atom stereocenters. The van der Waals surface area contributed by atoms with Crippen LogP contribution in [0.2, 0.25) is 0 Å². The quantitative estimate of drug-likeness (QED) is 0.770. The summed E-state index contributed by atoms with van der Waals surface area (Å²) in [5, 5.41) is 4.26. The number of nitrogens with zero attached hydrogens (tertiary/aromatic N) is 3.